The van der Waals surface area contributed by atoms with Crippen LogP contribution >= 0.6 is 0 Å². The molecule has 138 valence electrons. The lowest BCUT2D eigenvalue weighted by atomic mass is 10.1. The van der Waals surface area contributed by atoms with E-state index in [1.165, 1.54) is 31.4 Å². The summed E-state index contributed by atoms with van der Waals surface area (Å²) in [6.07, 6.45) is 1.11. The average molecular weight is 376 g/mol. The van der Waals surface area contributed by atoms with Gasteiger partial charge in [0, 0.05) is 30.3 Å². The van der Waals surface area contributed by atoms with E-state index in [1.54, 1.807) is 18.2 Å². The molecule has 0 heterocycles. The topological polar surface area (TPSA) is 102 Å². The van der Waals surface area contributed by atoms with E-state index >= 15 is 0 Å². The highest BCUT2D eigenvalue weighted by Crippen LogP contribution is 2.21. The molecule has 8 heteroatoms. The molecule has 0 bridgehead atoms. The van der Waals surface area contributed by atoms with Gasteiger partial charge in [-0.25, -0.2) is 8.42 Å². The number of benzene rings is 2. The Hall–Kier alpha value is -2.71. The Bertz CT molecular complexity index is 921. The molecule has 0 aliphatic rings. The number of hydrogen-bond donors (Lipinski definition) is 2. The van der Waals surface area contributed by atoms with Gasteiger partial charge >= 0.3 is 0 Å². The Kier molecular flexibility index (Phi) is 6.12. The molecule has 0 aliphatic carbocycles. The van der Waals surface area contributed by atoms with Crippen molar-refractivity contribution in [2.45, 2.75) is 11.8 Å². The molecular formula is C18H20N2O5S. The molecule has 2 amide bonds. The average Bonchev–Trinajstić information content (AvgIpc) is 2.57. The van der Waals surface area contributed by atoms with E-state index in [0.717, 1.165) is 11.8 Å². The number of anilines is 2. The summed E-state index contributed by atoms with van der Waals surface area (Å²) in [4.78, 5) is 24.1. The first kappa shape index (κ1) is 19.6. The van der Waals surface area contributed by atoms with Crippen LogP contribution in [0.2, 0.25) is 0 Å². The van der Waals surface area contributed by atoms with Crippen LogP contribution in [0.4, 0.5) is 11.4 Å². The van der Waals surface area contributed by atoms with Crippen LogP contribution in [0.15, 0.2) is 47.4 Å². The maximum absolute atomic E-state index is 12.4. The van der Waals surface area contributed by atoms with Gasteiger partial charge in [-0.15, -0.1) is 0 Å². The van der Waals surface area contributed by atoms with Crippen LogP contribution in [0.3, 0.4) is 0 Å². The minimum atomic E-state index is -3.31. The van der Waals surface area contributed by atoms with Gasteiger partial charge in [0.15, 0.2) is 9.84 Å². The largest absolute Gasteiger partial charge is 0.375 e. The number of amides is 2. The molecule has 0 saturated carbocycles. The summed E-state index contributed by atoms with van der Waals surface area (Å²) >= 11 is 0. The van der Waals surface area contributed by atoms with Crippen LogP contribution in [0.5, 0.6) is 0 Å². The van der Waals surface area contributed by atoms with Crippen molar-refractivity contribution in [3.8, 4) is 0 Å². The second-order valence-electron chi connectivity index (χ2n) is 5.76. The molecule has 7 nitrogen and oxygen atoms in total. The van der Waals surface area contributed by atoms with Gasteiger partial charge in [-0.05, 0) is 48.9 Å². The minimum absolute atomic E-state index is 0.0672. The third-order valence-corrected chi connectivity index (χ3v) is 4.72. The number of nitrogens with one attached hydrogen (secondary N) is 2. The number of methoxy groups -OCH3 is 1. The van der Waals surface area contributed by atoms with Crippen molar-refractivity contribution in [3.05, 3.63) is 53.6 Å². The maximum atomic E-state index is 12.4. The van der Waals surface area contributed by atoms with Gasteiger partial charge < -0.3 is 15.4 Å². The third-order valence-electron chi connectivity index (χ3n) is 3.59. The van der Waals surface area contributed by atoms with Crippen LogP contribution in [0.25, 0.3) is 0 Å². The number of carbonyl (C=O) groups excluding carboxylic acids is 2. The van der Waals surface area contributed by atoms with E-state index in [2.05, 4.69) is 10.6 Å². The first-order chi connectivity index (χ1) is 12.2. The van der Waals surface area contributed by atoms with Gasteiger partial charge in [0.2, 0.25) is 5.91 Å². The van der Waals surface area contributed by atoms with Gasteiger partial charge in [0.25, 0.3) is 5.91 Å². The monoisotopic (exact) mass is 376 g/mol. The van der Waals surface area contributed by atoms with Crippen LogP contribution < -0.4 is 10.6 Å². The Balaban J connectivity index is 2.16. The lowest BCUT2D eigenvalue weighted by Gasteiger charge is -2.12. The first-order valence-electron chi connectivity index (χ1n) is 7.71. The number of carbonyl (C=O) groups is 2. The zero-order valence-electron chi connectivity index (χ0n) is 14.7. The summed E-state index contributed by atoms with van der Waals surface area (Å²) in [5.74, 6) is -0.682. The molecule has 2 rings (SSSR count). The van der Waals surface area contributed by atoms with Crippen LogP contribution in [0, 0.1) is 6.92 Å². The summed E-state index contributed by atoms with van der Waals surface area (Å²) in [7, 11) is -1.89. The van der Waals surface area contributed by atoms with Crippen molar-refractivity contribution in [2.75, 3.05) is 30.6 Å². The summed E-state index contributed by atoms with van der Waals surface area (Å²) in [6.45, 7) is 1.76. The number of sulfone groups is 1. The van der Waals surface area contributed by atoms with Crippen molar-refractivity contribution >= 4 is 33.0 Å². The predicted molar refractivity (Wildman–Crippen MR) is 99.2 cm³/mol. The molecular weight excluding hydrogens is 356 g/mol. The van der Waals surface area contributed by atoms with Crippen LogP contribution in [-0.2, 0) is 19.4 Å². The summed E-state index contributed by atoms with van der Waals surface area (Å²) in [5.41, 5.74) is 2.21. The molecule has 0 radical (unpaired) electrons. The van der Waals surface area contributed by atoms with E-state index in [4.69, 9.17) is 4.74 Å². The molecule has 0 aromatic heterocycles. The van der Waals surface area contributed by atoms with E-state index in [-0.39, 0.29) is 23.3 Å². The van der Waals surface area contributed by atoms with E-state index in [9.17, 15) is 18.0 Å². The highest BCUT2D eigenvalue weighted by Gasteiger charge is 2.12. The molecule has 2 aromatic carbocycles. The quantitative estimate of drug-likeness (QED) is 0.805. The molecule has 0 saturated heterocycles. The Morgan fingerprint density at radius 2 is 1.69 bits per heavy atom. The Morgan fingerprint density at radius 3 is 2.27 bits per heavy atom. The van der Waals surface area contributed by atoms with E-state index in [1.807, 2.05) is 6.92 Å². The fourth-order valence-corrected chi connectivity index (χ4v) is 2.84. The number of rotatable bonds is 6. The maximum Gasteiger partial charge on any atom is 0.255 e. The van der Waals surface area contributed by atoms with Crippen molar-refractivity contribution in [2.24, 2.45) is 0 Å². The summed E-state index contributed by atoms with van der Waals surface area (Å²) < 4.78 is 27.7. The zero-order chi connectivity index (χ0) is 19.3. The molecule has 2 N–H and O–H groups in total. The molecule has 0 unspecified atom stereocenters. The molecule has 0 aliphatic heterocycles. The van der Waals surface area contributed by atoms with Gasteiger partial charge in [-0.2, -0.15) is 0 Å². The normalized spacial score (nSPS) is 11.0. The fourth-order valence-electron chi connectivity index (χ4n) is 2.21. The summed E-state index contributed by atoms with van der Waals surface area (Å²) in [5, 5.41) is 5.43. The molecule has 26 heavy (non-hydrogen) atoms. The summed E-state index contributed by atoms with van der Waals surface area (Å²) in [6, 6.07) is 10.8. The van der Waals surface area contributed by atoms with Crippen molar-refractivity contribution in [1.29, 1.82) is 0 Å². The van der Waals surface area contributed by atoms with Gasteiger partial charge in [0.05, 0.1) is 4.90 Å². The van der Waals surface area contributed by atoms with Crippen LogP contribution in [-0.4, -0.2) is 40.2 Å². The van der Waals surface area contributed by atoms with Gasteiger partial charge in [-0.3, -0.25) is 9.59 Å². The predicted octanol–water partition coefficient (Wildman–Crippen LogP) is 2.24. The molecule has 0 fully saturated rings. The molecule has 2 aromatic rings. The van der Waals surface area contributed by atoms with Crippen molar-refractivity contribution in [1.82, 2.24) is 0 Å². The third kappa shape index (κ3) is 5.14. The Labute approximate surface area is 152 Å². The standard InChI is InChI=1S/C18H20N2O5S/c1-12-4-7-14(19-17(21)11-25-2)10-16(12)20-18(22)13-5-8-15(9-6-13)26(3,23)24/h4-10H,11H2,1-3H3,(H,19,21)(H,20,22). The number of aryl methyl sites for hydroxylation is 1. The SMILES string of the molecule is COCC(=O)Nc1ccc(C)c(NC(=O)c2ccc(S(C)(=O)=O)cc2)c1. The van der Waals surface area contributed by atoms with Gasteiger partial charge in [-0.1, -0.05) is 6.07 Å². The number of ether oxygens (including phenoxy) is 1. The number of hydrogen-bond acceptors (Lipinski definition) is 5. The highest BCUT2D eigenvalue weighted by molar-refractivity contribution is 7.90. The fraction of sp³-hybridized carbons (Fsp3) is 0.222. The van der Waals surface area contributed by atoms with Crippen molar-refractivity contribution < 1.29 is 22.7 Å². The lowest BCUT2D eigenvalue weighted by Crippen LogP contribution is -2.18. The second kappa shape index (κ2) is 8.11. The van der Waals surface area contributed by atoms with Crippen molar-refractivity contribution in [3.63, 3.8) is 0 Å². The minimum Gasteiger partial charge on any atom is -0.375 e. The molecule has 0 atom stereocenters. The van der Waals surface area contributed by atoms with E-state index in [0.29, 0.717) is 16.9 Å². The van der Waals surface area contributed by atoms with E-state index < -0.39 is 9.84 Å². The smallest absolute Gasteiger partial charge is 0.255 e. The van der Waals surface area contributed by atoms with Crippen LogP contribution in [0.1, 0.15) is 15.9 Å². The molecule has 0 spiro atoms. The Morgan fingerprint density at radius 1 is 1.04 bits per heavy atom. The highest BCUT2D eigenvalue weighted by atomic mass is 32.2. The first-order valence-corrected chi connectivity index (χ1v) is 9.61. The van der Waals surface area contributed by atoms with Gasteiger partial charge in [0.1, 0.15) is 6.61 Å². The lowest BCUT2D eigenvalue weighted by molar-refractivity contribution is -0.119. The zero-order valence-corrected chi connectivity index (χ0v) is 15.5. The second-order valence-corrected chi connectivity index (χ2v) is 7.78.